The summed E-state index contributed by atoms with van der Waals surface area (Å²) in [6.07, 6.45) is 0.554. The fraction of sp³-hybridized carbons (Fsp3) is 0.517. The van der Waals surface area contributed by atoms with E-state index < -0.39 is 23.9 Å². The van der Waals surface area contributed by atoms with Gasteiger partial charge in [0.15, 0.2) is 0 Å². The number of benzene rings is 2. The Morgan fingerprint density at radius 3 is 2.64 bits per heavy atom. The van der Waals surface area contributed by atoms with Crippen LogP contribution in [0.2, 0.25) is 0 Å². The van der Waals surface area contributed by atoms with E-state index in [-0.39, 0.29) is 36.6 Å². The fourth-order valence-corrected chi connectivity index (χ4v) is 4.79. The van der Waals surface area contributed by atoms with Gasteiger partial charge < -0.3 is 34.7 Å². The Morgan fingerprint density at radius 2 is 1.95 bits per heavy atom. The van der Waals surface area contributed by atoms with Crippen LogP contribution >= 0.6 is 0 Å². The third kappa shape index (κ3) is 7.06. The number of aliphatic hydroxyl groups is 1. The molecule has 0 aliphatic carbocycles. The Balaban J connectivity index is 1.52. The predicted molar refractivity (Wildman–Crippen MR) is 142 cm³/mol. The number of halogens is 1. The molecule has 2 aliphatic rings. The zero-order chi connectivity index (χ0) is 28.2. The number of nitrogens with one attached hydrogen (secondary N) is 2. The van der Waals surface area contributed by atoms with E-state index in [2.05, 4.69) is 10.6 Å². The zero-order valence-corrected chi connectivity index (χ0v) is 22.9. The molecule has 0 unspecified atom stereocenters. The monoisotopic (exact) mass is 544 g/mol. The number of carbonyl (C=O) groups is 2. The van der Waals surface area contributed by atoms with Crippen LogP contribution in [-0.4, -0.2) is 74.7 Å². The van der Waals surface area contributed by atoms with E-state index in [1.165, 1.54) is 19.2 Å². The Labute approximate surface area is 228 Å². The summed E-state index contributed by atoms with van der Waals surface area (Å²) in [5.41, 5.74) is 2.05. The van der Waals surface area contributed by atoms with Crippen molar-refractivity contribution in [1.82, 2.24) is 10.6 Å². The van der Waals surface area contributed by atoms with E-state index in [0.29, 0.717) is 60.9 Å². The smallest absolute Gasteiger partial charge is 0.255 e. The number of methoxy groups -OCH3 is 1. The summed E-state index contributed by atoms with van der Waals surface area (Å²) in [7, 11) is 1.50. The normalized spacial score (nSPS) is 18.7. The minimum atomic E-state index is -0.796. The number of amides is 2. The summed E-state index contributed by atoms with van der Waals surface area (Å²) in [6.45, 7) is 7.40. The highest BCUT2D eigenvalue weighted by Gasteiger charge is 2.30. The Morgan fingerprint density at radius 1 is 1.15 bits per heavy atom. The maximum atomic E-state index is 15.0. The van der Waals surface area contributed by atoms with Gasteiger partial charge in [0.05, 0.1) is 55.8 Å². The van der Waals surface area contributed by atoms with Crippen molar-refractivity contribution in [3.63, 3.8) is 0 Å². The molecule has 2 aliphatic heterocycles. The van der Waals surface area contributed by atoms with Crippen LogP contribution < -0.4 is 20.1 Å². The molecule has 2 aromatic rings. The van der Waals surface area contributed by atoms with Crippen LogP contribution in [0, 0.1) is 5.82 Å². The highest BCUT2D eigenvalue weighted by Crippen LogP contribution is 2.40. The Bertz CT molecular complexity index is 1210. The number of carbonyl (C=O) groups excluding carboxylic acids is 2. The van der Waals surface area contributed by atoms with Crippen LogP contribution in [0.5, 0.6) is 11.5 Å². The van der Waals surface area contributed by atoms with E-state index in [1.807, 2.05) is 20.8 Å². The van der Waals surface area contributed by atoms with Crippen LogP contribution in [0.15, 0.2) is 24.3 Å². The number of fused-ring (bicyclic) bond motifs is 1. The van der Waals surface area contributed by atoms with Gasteiger partial charge in [0.25, 0.3) is 11.8 Å². The van der Waals surface area contributed by atoms with Gasteiger partial charge >= 0.3 is 0 Å². The summed E-state index contributed by atoms with van der Waals surface area (Å²) in [5.74, 6) is -0.476. The van der Waals surface area contributed by atoms with Crippen molar-refractivity contribution in [2.24, 2.45) is 0 Å². The third-order valence-corrected chi connectivity index (χ3v) is 6.69. The molecule has 3 N–H and O–H groups in total. The number of ether oxygens (including phenoxy) is 4. The molecular weight excluding hydrogens is 507 g/mol. The van der Waals surface area contributed by atoms with Gasteiger partial charge in [0, 0.05) is 31.6 Å². The van der Waals surface area contributed by atoms with Gasteiger partial charge in [-0.15, -0.1) is 0 Å². The van der Waals surface area contributed by atoms with Crippen molar-refractivity contribution in [3.8, 4) is 11.5 Å². The molecule has 0 bridgehead atoms. The predicted octanol–water partition coefficient (Wildman–Crippen LogP) is 2.78. The first-order valence-electron chi connectivity index (χ1n) is 13.2. The van der Waals surface area contributed by atoms with Crippen molar-refractivity contribution in [3.05, 3.63) is 57.9 Å². The van der Waals surface area contributed by atoms with Gasteiger partial charge in [-0.2, -0.15) is 0 Å². The van der Waals surface area contributed by atoms with E-state index in [9.17, 15) is 19.1 Å². The molecule has 0 radical (unpaired) electrons. The van der Waals surface area contributed by atoms with Gasteiger partial charge in [-0.05, 0) is 56.5 Å². The fourth-order valence-electron chi connectivity index (χ4n) is 4.79. The minimum absolute atomic E-state index is 0.0548. The highest BCUT2D eigenvalue weighted by molar-refractivity contribution is 5.98. The summed E-state index contributed by atoms with van der Waals surface area (Å²) in [6, 6.07) is 5.72. The van der Waals surface area contributed by atoms with E-state index >= 15 is 0 Å². The van der Waals surface area contributed by atoms with Crippen LogP contribution in [0.3, 0.4) is 0 Å². The molecular formula is C29H37FN2O7. The molecule has 0 spiro atoms. The summed E-state index contributed by atoms with van der Waals surface area (Å²) >= 11 is 0. The molecule has 9 nitrogen and oxygen atoms in total. The average molecular weight is 545 g/mol. The molecule has 2 atom stereocenters. The van der Waals surface area contributed by atoms with Gasteiger partial charge in [0.2, 0.25) is 0 Å². The van der Waals surface area contributed by atoms with Crippen LogP contribution in [0.4, 0.5) is 4.39 Å². The summed E-state index contributed by atoms with van der Waals surface area (Å²) in [5, 5.41) is 15.8. The second-order valence-corrected chi connectivity index (χ2v) is 10.7. The van der Waals surface area contributed by atoms with E-state index in [4.69, 9.17) is 18.9 Å². The SMILES string of the molecule is COc1c(C(=O)N[C@H]2CCOC[C@@H]2O)cc(Cc2ccc(C(=O)NCCOC(C)(C)C)c(F)c2)c2c1CCO2. The number of hydrogen-bond acceptors (Lipinski definition) is 7. The Hall–Kier alpha value is -3.21. The van der Waals surface area contributed by atoms with Crippen molar-refractivity contribution in [1.29, 1.82) is 0 Å². The van der Waals surface area contributed by atoms with Crippen molar-refractivity contribution in [2.45, 2.75) is 57.8 Å². The molecule has 10 heteroatoms. The molecule has 0 aromatic heterocycles. The largest absolute Gasteiger partial charge is 0.495 e. The minimum Gasteiger partial charge on any atom is -0.495 e. The number of rotatable bonds is 9. The summed E-state index contributed by atoms with van der Waals surface area (Å²) in [4.78, 5) is 25.8. The first-order valence-corrected chi connectivity index (χ1v) is 13.2. The summed E-state index contributed by atoms with van der Waals surface area (Å²) < 4.78 is 37.3. The molecule has 2 heterocycles. The molecule has 2 aromatic carbocycles. The van der Waals surface area contributed by atoms with Crippen LogP contribution in [0.25, 0.3) is 0 Å². The van der Waals surface area contributed by atoms with E-state index in [1.54, 1.807) is 12.1 Å². The maximum absolute atomic E-state index is 15.0. The highest BCUT2D eigenvalue weighted by atomic mass is 19.1. The van der Waals surface area contributed by atoms with E-state index in [0.717, 1.165) is 5.56 Å². The van der Waals surface area contributed by atoms with Crippen LogP contribution in [-0.2, 0) is 22.3 Å². The second-order valence-electron chi connectivity index (χ2n) is 10.7. The molecule has 1 fully saturated rings. The van der Waals surface area contributed by atoms with Crippen molar-refractivity contribution < 1.29 is 38.0 Å². The average Bonchev–Trinajstić information content (AvgIpc) is 3.37. The molecule has 0 saturated carbocycles. The number of hydrogen-bond donors (Lipinski definition) is 3. The quantitative estimate of drug-likeness (QED) is 0.416. The lowest BCUT2D eigenvalue weighted by atomic mass is 9.95. The third-order valence-electron chi connectivity index (χ3n) is 6.69. The lowest BCUT2D eigenvalue weighted by Gasteiger charge is -2.28. The molecule has 39 heavy (non-hydrogen) atoms. The lowest BCUT2D eigenvalue weighted by molar-refractivity contribution is -0.0261. The standard InChI is InChI=1S/C29H37FN2O7/c1-29(2,3)39-12-9-31-27(34)19-6-5-17(14-22(19)30)13-18-15-21(26(36-4)20-7-11-38-25(18)20)28(35)32-23-8-10-37-16-24(23)33/h5-6,14-15,23-24,33H,7-13,16H2,1-4H3,(H,31,34)(H,32,35)/t23-,24-/m0/s1. The van der Waals surface area contributed by atoms with Crippen molar-refractivity contribution >= 4 is 11.8 Å². The van der Waals surface area contributed by atoms with Crippen LogP contribution in [0.1, 0.15) is 64.6 Å². The van der Waals surface area contributed by atoms with Gasteiger partial charge in [-0.1, -0.05) is 6.07 Å². The Kier molecular flexibility index (Phi) is 9.09. The lowest BCUT2D eigenvalue weighted by Crippen LogP contribution is -2.48. The molecule has 212 valence electrons. The molecule has 4 rings (SSSR count). The topological polar surface area (TPSA) is 115 Å². The van der Waals surface area contributed by atoms with Gasteiger partial charge in [-0.3, -0.25) is 9.59 Å². The first kappa shape index (κ1) is 28.8. The van der Waals surface area contributed by atoms with Crippen molar-refractivity contribution in [2.75, 3.05) is 40.1 Å². The van der Waals surface area contributed by atoms with Gasteiger partial charge in [-0.25, -0.2) is 4.39 Å². The molecule has 2 amide bonds. The second kappa shape index (κ2) is 12.3. The number of aliphatic hydroxyl groups excluding tert-OH is 1. The zero-order valence-electron chi connectivity index (χ0n) is 22.9. The molecule has 1 saturated heterocycles. The first-order chi connectivity index (χ1) is 18.6. The maximum Gasteiger partial charge on any atom is 0.255 e. The van der Waals surface area contributed by atoms with Gasteiger partial charge in [0.1, 0.15) is 17.3 Å².